The highest BCUT2D eigenvalue weighted by Gasteiger charge is 2.28. The molecule has 0 saturated carbocycles. The lowest BCUT2D eigenvalue weighted by Gasteiger charge is -2.26. The first kappa shape index (κ1) is 43.6. The number of hydrogen-bond acceptors (Lipinski definition) is 11. The van der Waals surface area contributed by atoms with E-state index >= 15 is 0 Å². The predicted octanol–water partition coefficient (Wildman–Crippen LogP) is 8.21. The molecule has 0 aliphatic carbocycles. The Bertz CT molecular complexity index is 2530. The van der Waals surface area contributed by atoms with E-state index in [1.54, 1.807) is 109 Å². The maximum atomic E-state index is 13.4. The fourth-order valence-electron chi connectivity index (χ4n) is 6.02. The highest BCUT2D eigenvalue weighted by atomic mass is 32.2. The Morgan fingerprint density at radius 2 is 1.13 bits per heavy atom. The third-order valence-corrected chi connectivity index (χ3v) is 12.2. The van der Waals surface area contributed by atoms with Crippen LogP contribution in [0.15, 0.2) is 130 Å². The Hall–Kier alpha value is -5.99. The summed E-state index contributed by atoms with van der Waals surface area (Å²) >= 11 is 0. The van der Waals surface area contributed by atoms with Gasteiger partial charge in [-0.15, -0.1) is 20.4 Å². The maximum Gasteiger partial charge on any atom is 0.314 e. The second kappa shape index (κ2) is 19.4. The molecule has 1 aliphatic rings. The number of anilines is 2. The summed E-state index contributed by atoms with van der Waals surface area (Å²) in [5, 5.41) is 14.7. The van der Waals surface area contributed by atoms with Crippen LogP contribution in [0.5, 0.6) is 0 Å². The van der Waals surface area contributed by atoms with Gasteiger partial charge in [0.2, 0.25) is 21.8 Å². The molecule has 20 heteroatoms. The summed E-state index contributed by atoms with van der Waals surface area (Å²) in [7, 11) is -7.41. The number of alkyl halides is 5. The zero-order chi connectivity index (χ0) is 42.9. The standard InChI is InChI=1S/C22H23F3N4O3S.C18H15F2N3O3S/c23-18-10-11-28(15-18)12-13-33(30,31)29(19-4-2-1-3-5-19)14-16-6-8-17(9-7-16)21-26-27-22(32-21)20(24)25;1-2-27(24,25)23(15-6-4-3-5-7-15)12-13-8-10-14(11-9-13)17-21-22-18(26-17)16(19)20/h1-9,18,20H,10-15H2;2-11,16H,1,12H2/t18-;/m0./s1. The smallest absolute Gasteiger partial charge is 0.314 e. The number of likely N-dealkylation sites (tertiary alicyclic amines) is 1. The summed E-state index contributed by atoms with van der Waals surface area (Å²) in [6, 6.07) is 30.5. The molecule has 13 nitrogen and oxygen atoms in total. The molecule has 0 amide bonds. The minimum Gasteiger partial charge on any atom is -0.415 e. The van der Waals surface area contributed by atoms with Crippen molar-refractivity contribution in [1.82, 2.24) is 25.3 Å². The van der Waals surface area contributed by atoms with Crippen molar-refractivity contribution in [1.29, 1.82) is 0 Å². The summed E-state index contributed by atoms with van der Waals surface area (Å²) in [5.74, 6) is -1.71. The zero-order valence-corrected chi connectivity index (χ0v) is 33.3. The van der Waals surface area contributed by atoms with Crippen molar-refractivity contribution in [3.8, 4) is 22.9 Å². The molecular formula is C40H38F5N7O6S2. The third-order valence-electron chi connectivity index (χ3n) is 9.13. The predicted molar refractivity (Wildman–Crippen MR) is 213 cm³/mol. The monoisotopic (exact) mass is 871 g/mol. The molecule has 0 unspecified atom stereocenters. The molecule has 60 heavy (non-hydrogen) atoms. The Morgan fingerprint density at radius 1 is 0.683 bits per heavy atom. The van der Waals surface area contributed by atoms with Gasteiger partial charge < -0.3 is 8.83 Å². The topological polar surface area (TPSA) is 156 Å². The van der Waals surface area contributed by atoms with Crippen molar-refractivity contribution in [2.75, 3.05) is 34.0 Å². The summed E-state index contributed by atoms with van der Waals surface area (Å²) in [6.45, 7) is 4.58. The minimum atomic E-state index is -3.71. The number of sulfonamides is 2. The van der Waals surface area contributed by atoms with Crippen LogP contribution >= 0.6 is 0 Å². The molecule has 316 valence electrons. The third kappa shape index (κ3) is 11.2. The summed E-state index contributed by atoms with van der Waals surface area (Å²) in [4.78, 5) is 1.82. The SMILES string of the molecule is C=CS(=O)(=O)N(Cc1ccc(-c2nnc(C(F)F)o2)cc1)c1ccccc1.O=S(=O)(CCN1CC[C@H](F)C1)N(Cc1ccc(-c2nnc(C(F)F)o2)cc1)c1ccccc1. The van der Waals surface area contributed by atoms with Crippen LogP contribution in [-0.4, -0.2) is 73.7 Å². The van der Waals surface area contributed by atoms with Gasteiger partial charge in [-0.3, -0.25) is 13.5 Å². The van der Waals surface area contributed by atoms with Gasteiger partial charge in [0.15, 0.2) is 0 Å². The van der Waals surface area contributed by atoms with Crippen molar-refractivity contribution in [2.24, 2.45) is 0 Å². The molecule has 1 aliphatic heterocycles. The number of aromatic nitrogens is 4. The van der Waals surface area contributed by atoms with Crippen LogP contribution in [0.1, 0.15) is 42.2 Å². The molecular weight excluding hydrogens is 834 g/mol. The Balaban J connectivity index is 0.000000205. The van der Waals surface area contributed by atoms with Gasteiger partial charge in [-0.25, -0.2) is 21.2 Å². The van der Waals surface area contributed by atoms with E-state index in [1.807, 2.05) is 4.90 Å². The van der Waals surface area contributed by atoms with Gasteiger partial charge in [0.25, 0.3) is 21.8 Å². The fraction of sp³-hybridized carbons (Fsp3) is 0.250. The van der Waals surface area contributed by atoms with E-state index in [4.69, 9.17) is 8.83 Å². The van der Waals surface area contributed by atoms with E-state index in [0.717, 1.165) is 5.41 Å². The second-order valence-electron chi connectivity index (χ2n) is 13.3. The van der Waals surface area contributed by atoms with Gasteiger partial charge in [0.1, 0.15) is 6.17 Å². The van der Waals surface area contributed by atoms with Crippen LogP contribution in [0.3, 0.4) is 0 Å². The average Bonchev–Trinajstić information content (AvgIpc) is 4.05. The first-order valence-electron chi connectivity index (χ1n) is 18.3. The van der Waals surface area contributed by atoms with Crippen molar-refractivity contribution in [3.05, 3.63) is 144 Å². The van der Waals surface area contributed by atoms with Crippen LogP contribution in [-0.2, 0) is 33.1 Å². The molecule has 0 spiro atoms. The van der Waals surface area contributed by atoms with Gasteiger partial charge in [-0.2, -0.15) is 17.6 Å². The lowest BCUT2D eigenvalue weighted by molar-refractivity contribution is 0.115. The van der Waals surface area contributed by atoms with Gasteiger partial charge >= 0.3 is 12.9 Å². The summed E-state index contributed by atoms with van der Waals surface area (Å²) < 4.78 is 127. The fourth-order valence-corrected chi connectivity index (χ4v) is 8.44. The molecule has 0 N–H and O–H groups in total. The first-order chi connectivity index (χ1) is 28.7. The summed E-state index contributed by atoms with van der Waals surface area (Å²) in [6.07, 6.45) is -6.18. The van der Waals surface area contributed by atoms with Crippen LogP contribution in [0.2, 0.25) is 0 Å². The Kier molecular flexibility index (Phi) is 14.1. The minimum absolute atomic E-state index is 0.0320. The lowest BCUT2D eigenvalue weighted by Crippen LogP contribution is -2.37. The largest absolute Gasteiger partial charge is 0.415 e. The first-order valence-corrected chi connectivity index (χ1v) is 21.4. The molecule has 1 atom stereocenters. The average molecular weight is 872 g/mol. The van der Waals surface area contributed by atoms with Crippen molar-refractivity contribution >= 4 is 31.4 Å². The second-order valence-corrected chi connectivity index (χ2v) is 17.1. The Morgan fingerprint density at radius 3 is 1.53 bits per heavy atom. The van der Waals surface area contributed by atoms with Crippen molar-refractivity contribution < 1.29 is 47.6 Å². The van der Waals surface area contributed by atoms with E-state index < -0.39 is 50.9 Å². The van der Waals surface area contributed by atoms with Gasteiger partial charge in [0.05, 0.1) is 30.2 Å². The normalized spacial score (nSPS) is 14.6. The maximum absolute atomic E-state index is 13.4. The van der Waals surface area contributed by atoms with Crippen LogP contribution < -0.4 is 8.61 Å². The number of para-hydroxylation sites is 2. The molecule has 0 bridgehead atoms. The molecule has 2 aromatic heterocycles. The summed E-state index contributed by atoms with van der Waals surface area (Å²) in [5.41, 5.74) is 3.29. The van der Waals surface area contributed by atoms with E-state index in [-0.39, 0.29) is 43.7 Å². The van der Waals surface area contributed by atoms with Gasteiger partial charge in [-0.1, -0.05) is 67.2 Å². The van der Waals surface area contributed by atoms with Crippen molar-refractivity contribution in [3.63, 3.8) is 0 Å². The lowest BCUT2D eigenvalue weighted by atomic mass is 10.1. The quantitative estimate of drug-likeness (QED) is 0.0864. The molecule has 3 heterocycles. The molecule has 0 radical (unpaired) electrons. The molecule has 1 fully saturated rings. The van der Waals surface area contributed by atoms with E-state index in [1.165, 1.54) is 8.61 Å². The van der Waals surface area contributed by atoms with E-state index in [2.05, 4.69) is 27.0 Å². The highest BCUT2D eigenvalue weighted by molar-refractivity contribution is 7.95. The van der Waals surface area contributed by atoms with E-state index in [9.17, 15) is 38.8 Å². The van der Waals surface area contributed by atoms with Gasteiger partial charge in [0, 0.05) is 36.2 Å². The van der Waals surface area contributed by atoms with Crippen LogP contribution in [0.25, 0.3) is 22.9 Å². The molecule has 7 rings (SSSR count). The molecule has 1 saturated heterocycles. The number of hydrogen-bond donors (Lipinski definition) is 0. The number of rotatable bonds is 16. The Labute approximate surface area is 342 Å². The highest BCUT2D eigenvalue weighted by Crippen LogP contribution is 2.28. The van der Waals surface area contributed by atoms with Crippen LogP contribution in [0.4, 0.5) is 33.3 Å². The van der Waals surface area contributed by atoms with E-state index in [0.29, 0.717) is 46.6 Å². The zero-order valence-electron chi connectivity index (χ0n) is 31.6. The van der Waals surface area contributed by atoms with Crippen LogP contribution in [0, 0.1) is 0 Å². The molecule has 6 aromatic rings. The molecule has 4 aromatic carbocycles. The number of nitrogens with zero attached hydrogens (tertiary/aromatic N) is 7. The number of halogens is 5. The van der Waals surface area contributed by atoms with Crippen molar-refractivity contribution in [2.45, 2.75) is 38.5 Å². The van der Waals surface area contributed by atoms with Gasteiger partial charge in [-0.05, 0) is 66.1 Å². The number of benzene rings is 4.